The molecule has 2 aromatic rings. The molecule has 2 N–H and O–H groups in total. The third-order valence-corrected chi connectivity index (χ3v) is 5.23. The first-order valence-electron chi connectivity index (χ1n) is 8.86. The molecule has 1 aliphatic rings. The molecule has 1 saturated heterocycles. The number of amides is 2. The van der Waals surface area contributed by atoms with E-state index in [-0.39, 0.29) is 23.9 Å². The Morgan fingerprint density at radius 2 is 2.08 bits per heavy atom. The van der Waals surface area contributed by atoms with Gasteiger partial charge in [0.1, 0.15) is 0 Å². The minimum Gasteiger partial charge on any atom is -0.355 e. The third-order valence-electron chi connectivity index (χ3n) is 4.50. The number of pyridine rings is 1. The number of thiophene rings is 1. The van der Waals surface area contributed by atoms with Crippen molar-refractivity contribution >= 4 is 23.2 Å². The van der Waals surface area contributed by atoms with E-state index in [9.17, 15) is 9.59 Å². The lowest BCUT2D eigenvalue weighted by Gasteiger charge is -2.22. The number of carbonyl (C=O) groups is 2. The standard InChI is InChI=1S/C19H24N4O2S/c1-2-21-19(25)17-10-16(12-23(17)11-15-5-8-26-13-15)22-18(24)9-14-3-6-20-7-4-14/h3-8,13,16-17H,2,9-12H2,1H3,(H,21,25)(H,22,24)/t16-,17+/m1/s1. The van der Waals surface area contributed by atoms with Crippen molar-refractivity contribution in [1.29, 1.82) is 0 Å². The second-order valence-electron chi connectivity index (χ2n) is 6.50. The molecular formula is C19H24N4O2S. The highest BCUT2D eigenvalue weighted by Crippen LogP contribution is 2.22. The number of hydrogen-bond donors (Lipinski definition) is 2. The topological polar surface area (TPSA) is 74.3 Å². The van der Waals surface area contributed by atoms with Gasteiger partial charge in [-0.2, -0.15) is 11.3 Å². The van der Waals surface area contributed by atoms with Crippen molar-refractivity contribution in [2.45, 2.75) is 38.4 Å². The highest BCUT2D eigenvalue weighted by Gasteiger charge is 2.37. The molecule has 0 saturated carbocycles. The van der Waals surface area contributed by atoms with Crippen LogP contribution < -0.4 is 10.6 Å². The van der Waals surface area contributed by atoms with Crippen molar-refractivity contribution in [1.82, 2.24) is 20.5 Å². The van der Waals surface area contributed by atoms with E-state index in [1.165, 1.54) is 5.56 Å². The van der Waals surface area contributed by atoms with Gasteiger partial charge in [0, 0.05) is 38.1 Å². The summed E-state index contributed by atoms with van der Waals surface area (Å²) in [6, 6.07) is 5.54. The van der Waals surface area contributed by atoms with E-state index in [1.807, 2.05) is 24.4 Å². The van der Waals surface area contributed by atoms with E-state index in [1.54, 1.807) is 23.7 Å². The maximum absolute atomic E-state index is 12.4. The van der Waals surface area contributed by atoms with Crippen LogP contribution in [0.1, 0.15) is 24.5 Å². The number of aromatic nitrogens is 1. The van der Waals surface area contributed by atoms with E-state index in [4.69, 9.17) is 0 Å². The Kier molecular flexibility index (Phi) is 6.35. The maximum Gasteiger partial charge on any atom is 0.237 e. The van der Waals surface area contributed by atoms with Gasteiger partial charge < -0.3 is 10.6 Å². The Balaban J connectivity index is 1.61. The molecule has 138 valence electrons. The van der Waals surface area contributed by atoms with Crippen molar-refractivity contribution < 1.29 is 9.59 Å². The smallest absolute Gasteiger partial charge is 0.237 e. The molecule has 0 unspecified atom stereocenters. The second-order valence-corrected chi connectivity index (χ2v) is 7.28. The van der Waals surface area contributed by atoms with E-state index in [0.717, 1.165) is 12.1 Å². The first-order valence-corrected chi connectivity index (χ1v) is 9.81. The Morgan fingerprint density at radius 1 is 1.27 bits per heavy atom. The molecule has 7 heteroatoms. The Bertz CT molecular complexity index is 720. The van der Waals surface area contributed by atoms with Crippen LogP contribution in [0.5, 0.6) is 0 Å². The summed E-state index contributed by atoms with van der Waals surface area (Å²) in [5, 5.41) is 10.1. The van der Waals surface area contributed by atoms with Crippen LogP contribution in [-0.2, 0) is 22.6 Å². The molecule has 0 bridgehead atoms. The van der Waals surface area contributed by atoms with Crippen LogP contribution in [0.25, 0.3) is 0 Å². The molecular weight excluding hydrogens is 348 g/mol. The average Bonchev–Trinajstić information content (AvgIpc) is 3.26. The van der Waals surface area contributed by atoms with Gasteiger partial charge >= 0.3 is 0 Å². The SMILES string of the molecule is CCNC(=O)[C@@H]1C[C@@H](NC(=O)Cc2ccncc2)CN1Cc1ccsc1. The molecule has 0 aliphatic carbocycles. The minimum absolute atomic E-state index is 0.0180. The molecule has 1 fully saturated rings. The third kappa shape index (κ3) is 4.89. The zero-order valence-electron chi connectivity index (χ0n) is 14.9. The van der Waals surface area contributed by atoms with E-state index in [0.29, 0.717) is 25.9 Å². The second kappa shape index (κ2) is 8.91. The molecule has 26 heavy (non-hydrogen) atoms. The summed E-state index contributed by atoms with van der Waals surface area (Å²) < 4.78 is 0. The van der Waals surface area contributed by atoms with Gasteiger partial charge in [-0.05, 0) is 53.4 Å². The predicted molar refractivity (Wildman–Crippen MR) is 102 cm³/mol. The van der Waals surface area contributed by atoms with Crippen molar-refractivity contribution in [3.63, 3.8) is 0 Å². The van der Waals surface area contributed by atoms with Gasteiger partial charge in [0.15, 0.2) is 0 Å². The molecule has 1 aliphatic heterocycles. The van der Waals surface area contributed by atoms with Gasteiger partial charge in [0.2, 0.25) is 11.8 Å². The normalized spacial score (nSPS) is 20.0. The van der Waals surface area contributed by atoms with Gasteiger partial charge in [0.25, 0.3) is 0 Å². The highest BCUT2D eigenvalue weighted by molar-refractivity contribution is 7.07. The lowest BCUT2D eigenvalue weighted by Crippen LogP contribution is -2.42. The lowest BCUT2D eigenvalue weighted by molar-refractivity contribution is -0.125. The summed E-state index contributed by atoms with van der Waals surface area (Å²) in [7, 11) is 0. The molecule has 6 nitrogen and oxygen atoms in total. The van der Waals surface area contributed by atoms with Crippen molar-refractivity contribution in [2.75, 3.05) is 13.1 Å². The van der Waals surface area contributed by atoms with Crippen molar-refractivity contribution in [3.05, 3.63) is 52.5 Å². The molecule has 0 spiro atoms. The Hall–Kier alpha value is -2.25. The highest BCUT2D eigenvalue weighted by atomic mass is 32.1. The van der Waals surface area contributed by atoms with Crippen LogP contribution in [-0.4, -0.2) is 46.9 Å². The summed E-state index contributed by atoms with van der Waals surface area (Å²) >= 11 is 1.65. The fourth-order valence-corrected chi connectivity index (χ4v) is 3.99. The van der Waals surface area contributed by atoms with Crippen LogP contribution in [0.3, 0.4) is 0 Å². The Labute approximate surface area is 157 Å². The molecule has 3 heterocycles. The number of rotatable bonds is 7. The fourth-order valence-electron chi connectivity index (χ4n) is 3.33. The fraction of sp³-hybridized carbons (Fsp3) is 0.421. The van der Waals surface area contributed by atoms with Crippen LogP contribution in [0, 0.1) is 0 Å². The maximum atomic E-state index is 12.4. The van der Waals surface area contributed by atoms with Gasteiger partial charge in [0.05, 0.1) is 12.5 Å². The van der Waals surface area contributed by atoms with E-state index < -0.39 is 0 Å². The first kappa shape index (κ1) is 18.5. The number of nitrogens with one attached hydrogen (secondary N) is 2. The monoisotopic (exact) mass is 372 g/mol. The number of carbonyl (C=O) groups excluding carboxylic acids is 2. The Morgan fingerprint density at radius 3 is 2.77 bits per heavy atom. The summed E-state index contributed by atoms with van der Waals surface area (Å²) in [4.78, 5) is 30.9. The molecule has 3 rings (SSSR count). The molecule has 0 aromatic carbocycles. The summed E-state index contributed by atoms with van der Waals surface area (Å²) in [6.07, 6.45) is 4.34. The molecule has 2 atom stereocenters. The zero-order chi connectivity index (χ0) is 18.4. The van der Waals surface area contributed by atoms with Crippen LogP contribution in [0.4, 0.5) is 0 Å². The number of hydrogen-bond acceptors (Lipinski definition) is 5. The van der Waals surface area contributed by atoms with E-state index >= 15 is 0 Å². The lowest BCUT2D eigenvalue weighted by atomic mass is 10.1. The summed E-state index contributed by atoms with van der Waals surface area (Å²) in [5.41, 5.74) is 2.14. The van der Waals surface area contributed by atoms with E-state index in [2.05, 4.69) is 32.0 Å². The van der Waals surface area contributed by atoms with Gasteiger partial charge in [-0.15, -0.1) is 0 Å². The largest absolute Gasteiger partial charge is 0.355 e. The quantitative estimate of drug-likeness (QED) is 0.774. The number of nitrogens with zero attached hydrogens (tertiary/aromatic N) is 2. The number of likely N-dealkylation sites (N-methyl/N-ethyl adjacent to an activating group) is 1. The zero-order valence-corrected chi connectivity index (χ0v) is 15.7. The van der Waals surface area contributed by atoms with Gasteiger partial charge in [-0.3, -0.25) is 19.5 Å². The predicted octanol–water partition coefficient (Wildman–Crippen LogP) is 1.58. The summed E-state index contributed by atoms with van der Waals surface area (Å²) in [5.74, 6) is 0.0156. The van der Waals surface area contributed by atoms with Crippen LogP contribution in [0.15, 0.2) is 41.4 Å². The molecule has 2 amide bonds. The van der Waals surface area contributed by atoms with Gasteiger partial charge in [-0.25, -0.2) is 0 Å². The van der Waals surface area contributed by atoms with Gasteiger partial charge in [-0.1, -0.05) is 0 Å². The molecule has 2 aromatic heterocycles. The van der Waals surface area contributed by atoms with Crippen molar-refractivity contribution in [2.24, 2.45) is 0 Å². The number of likely N-dealkylation sites (tertiary alicyclic amines) is 1. The minimum atomic E-state index is -0.207. The average molecular weight is 372 g/mol. The summed E-state index contributed by atoms with van der Waals surface area (Å²) in [6.45, 7) is 3.94. The van der Waals surface area contributed by atoms with Crippen LogP contribution in [0.2, 0.25) is 0 Å². The van der Waals surface area contributed by atoms with Crippen molar-refractivity contribution in [3.8, 4) is 0 Å². The van der Waals surface area contributed by atoms with Crippen LogP contribution >= 0.6 is 11.3 Å². The first-order chi connectivity index (χ1) is 12.7. The molecule has 0 radical (unpaired) electrons.